The van der Waals surface area contributed by atoms with Gasteiger partial charge < -0.3 is 15.1 Å². The Kier molecular flexibility index (Phi) is 3.92. The molecule has 2 aromatic rings. The van der Waals surface area contributed by atoms with Crippen LogP contribution in [0.25, 0.3) is 0 Å². The first-order valence-electron chi connectivity index (χ1n) is 5.95. The van der Waals surface area contributed by atoms with Crippen molar-refractivity contribution in [3.05, 3.63) is 53.1 Å². The Bertz CT molecular complexity index is 564. The van der Waals surface area contributed by atoms with E-state index >= 15 is 0 Å². The van der Waals surface area contributed by atoms with Crippen molar-refractivity contribution < 1.29 is 20.0 Å². The average molecular weight is 260 g/mol. The molecule has 0 aromatic heterocycles. The first kappa shape index (κ1) is 13.2. The highest BCUT2D eigenvalue weighted by atomic mass is 17.2. The highest BCUT2D eigenvalue weighted by Gasteiger charge is 2.14. The van der Waals surface area contributed by atoms with Crippen LogP contribution in [0.5, 0.6) is 17.2 Å². The summed E-state index contributed by atoms with van der Waals surface area (Å²) >= 11 is 0. The molecule has 2 aromatic carbocycles. The molecule has 4 heteroatoms. The first-order chi connectivity index (χ1) is 9.09. The van der Waals surface area contributed by atoms with Crippen LogP contribution in [-0.4, -0.2) is 10.2 Å². The number of phenols is 2. The Hall–Kier alpha value is -2.20. The van der Waals surface area contributed by atoms with E-state index in [0.717, 1.165) is 5.56 Å². The van der Waals surface area contributed by atoms with Crippen LogP contribution in [-0.2, 0) is 11.5 Å². The van der Waals surface area contributed by atoms with Gasteiger partial charge in [-0.15, -0.1) is 0 Å². The van der Waals surface area contributed by atoms with Gasteiger partial charge in [-0.05, 0) is 25.5 Å². The van der Waals surface area contributed by atoms with Gasteiger partial charge in [0, 0.05) is 11.1 Å². The Morgan fingerprint density at radius 1 is 1.05 bits per heavy atom. The molecule has 0 aliphatic rings. The van der Waals surface area contributed by atoms with Gasteiger partial charge in [0.1, 0.15) is 12.4 Å². The Morgan fingerprint density at radius 3 is 2.42 bits per heavy atom. The molecule has 100 valence electrons. The highest BCUT2D eigenvalue weighted by Crippen LogP contribution is 2.38. The van der Waals surface area contributed by atoms with Gasteiger partial charge in [-0.25, -0.2) is 0 Å². The summed E-state index contributed by atoms with van der Waals surface area (Å²) in [5.41, 5.74) is 1.94. The largest absolute Gasteiger partial charge is 0.508 e. The highest BCUT2D eigenvalue weighted by molar-refractivity contribution is 5.55. The van der Waals surface area contributed by atoms with Gasteiger partial charge >= 0.3 is 0 Å². The molecule has 0 heterocycles. The van der Waals surface area contributed by atoms with E-state index < -0.39 is 0 Å². The van der Waals surface area contributed by atoms with Crippen LogP contribution >= 0.6 is 0 Å². The van der Waals surface area contributed by atoms with Crippen LogP contribution < -0.4 is 4.89 Å². The fourth-order valence-corrected chi connectivity index (χ4v) is 1.69. The molecule has 0 aliphatic carbocycles. The van der Waals surface area contributed by atoms with Crippen LogP contribution in [0.4, 0.5) is 0 Å². The van der Waals surface area contributed by atoms with Crippen molar-refractivity contribution in [2.45, 2.75) is 20.5 Å². The second-order valence-corrected chi connectivity index (χ2v) is 4.35. The maximum atomic E-state index is 9.89. The zero-order valence-corrected chi connectivity index (χ0v) is 10.9. The third kappa shape index (κ3) is 2.98. The van der Waals surface area contributed by atoms with Crippen molar-refractivity contribution in [2.75, 3.05) is 0 Å². The lowest BCUT2D eigenvalue weighted by Gasteiger charge is -2.12. The van der Waals surface area contributed by atoms with E-state index in [1.807, 2.05) is 30.3 Å². The van der Waals surface area contributed by atoms with E-state index in [1.165, 1.54) is 6.07 Å². The van der Waals surface area contributed by atoms with Crippen molar-refractivity contribution in [3.8, 4) is 17.2 Å². The smallest absolute Gasteiger partial charge is 0.210 e. The Labute approximate surface area is 111 Å². The summed E-state index contributed by atoms with van der Waals surface area (Å²) in [5.74, 6) is 0.155. The standard InChI is InChI=1S/C15H16O4/c1-10-8-13(16)11(2)14(17)15(10)19-18-9-12-6-4-3-5-7-12/h3-8,16-17H,9H2,1-2H3. The van der Waals surface area contributed by atoms with Gasteiger partial charge in [-0.1, -0.05) is 30.3 Å². The van der Waals surface area contributed by atoms with Crippen LogP contribution in [0.2, 0.25) is 0 Å². The fourth-order valence-electron chi connectivity index (χ4n) is 1.69. The third-order valence-corrected chi connectivity index (χ3v) is 2.88. The Balaban J connectivity index is 2.06. The maximum absolute atomic E-state index is 9.89. The molecule has 4 nitrogen and oxygen atoms in total. The number of aromatic hydroxyl groups is 2. The molecule has 0 bridgehead atoms. The molecule has 0 saturated heterocycles. The van der Waals surface area contributed by atoms with Crippen LogP contribution in [0.15, 0.2) is 36.4 Å². The molecule has 0 spiro atoms. The number of aryl methyl sites for hydroxylation is 1. The summed E-state index contributed by atoms with van der Waals surface area (Å²) in [5, 5.41) is 19.4. The topological polar surface area (TPSA) is 58.9 Å². The third-order valence-electron chi connectivity index (χ3n) is 2.88. The molecular weight excluding hydrogens is 244 g/mol. The van der Waals surface area contributed by atoms with Gasteiger partial charge in [-0.3, -0.25) is 0 Å². The maximum Gasteiger partial charge on any atom is 0.210 e. The second kappa shape index (κ2) is 5.63. The van der Waals surface area contributed by atoms with Gasteiger partial charge in [-0.2, -0.15) is 4.89 Å². The summed E-state index contributed by atoms with van der Waals surface area (Å²) in [7, 11) is 0. The summed E-state index contributed by atoms with van der Waals surface area (Å²) in [6, 6.07) is 11.1. The fraction of sp³-hybridized carbons (Fsp3) is 0.200. The molecule has 0 radical (unpaired) electrons. The van der Waals surface area contributed by atoms with E-state index in [0.29, 0.717) is 11.1 Å². The van der Waals surface area contributed by atoms with E-state index in [1.54, 1.807) is 13.8 Å². The lowest BCUT2D eigenvalue weighted by molar-refractivity contribution is -0.218. The minimum absolute atomic E-state index is 0.0328. The van der Waals surface area contributed by atoms with Crippen molar-refractivity contribution in [3.63, 3.8) is 0 Å². The summed E-state index contributed by atoms with van der Waals surface area (Å²) < 4.78 is 0. The normalized spacial score (nSPS) is 10.4. The van der Waals surface area contributed by atoms with E-state index in [4.69, 9.17) is 9.78 Å². The number of benzene rings is 2. The lowest BCUT2D eigenvalue weighted by Crippen LogP contribution is -2.00. The predicted octanol–water partition coefficient (Wildman–Crippen LogP) is 3.23. The second-order valence-electron chi connectivity index (χ2n) is 4.35. The van der Waals surface area contributed by atoms with Gasteiger partial charge in [0.25, 0.3) is 0 Å². The molecule has 2 rings (SSSR count). The van der Waals surface area contributed by atoms with Crippen molar-refractivity contribution in [1.82, 2.24) is 0 Å². The molecule has 0 amide bonds. The first-order valence-corrected chi connectivity index (χ1v) is 5.95. The quantitative estimate of drug-likeness (QED) is 0.654. The predicted molar refractivity (Wildman–Crippen MR) is 71.1 cm³/mol. The van der Waals surface area contributed by atoms with Crippen LogP contribution in [0, 0.1) is 13.8 Å². The number of hydrogen-bond acceptors (Lipinski definition) is 4. The number of phenolic OH excluding ortho intramolecular Hbond substituents is 2. The van der Waals surface area contributed by atoms with Crippen LogP contribution in [0.3, 0.4) is 0 Å². The molecular formula is C15H16O4. The monoisotopic (exact) mass is 260 g/mol. The Morgan fingerprint density at radius 2 is 1.74 bits per heavy atom. The van der Waals surface area contributed by atoms with Crippen molar-refractivity contribution >= 4 is 0 Å². The van der Waals surface area contributed by atoms with Gasteiger partial charge in [0.2, 0.25) is 5.75 Å². The lowest BCUT2D eigenvalue weighted by atomic mass is 10.1. The van der Waals surface area contributed by atoms with E-state index in [-0.39, 0.29) is 23.9 Å². The molecule has 19 heavy (non-hydrogen) atoms. The summed E-state index contributed by atoms with van der Waals surface area (Å²) in [6.07, 6.45) is 0. The van der Waals surface area contributed by atoms with Crippen LogP contribution in [0.1, 0.15) is 16.7 Å². The molecule has 0 atom stereocenters. The van der Waals surface area contributed by atoms with E-state index in [2.05, 4.69) is 0 Å². The van der Waals surface area contributed by atoms with E-state index in [9.17, 15) is 10.2 Å². The molecule has 0 aliphatic heterocycles. The number of rotatable bonds is 4. The molecule has 0 fully saturated rings. The zero-order chi connectivity index (χ0) is 13.8. The summed E-state index contributed by atoms with van der Waals surface area (Å²) in [4.78, 5) is 10.3. The minimum Gasteiger partial charge on any atom is -0.508 e. The van der Waals surface area contributed by atoms with Crippen molar-refractivity contribution in [2.24, 2.45) is 0 Å². The SMILES string of the molecule is Cc1cc(O)c(C)c(O)c1OOCc1ccccc1. The summed E-state index contributed by atoms with van der Waals surface area (Å²) in [6.45, 7) is 3.61. The minimum atomic E-state index is -0.106. The van der Waals surface area contributed by atoms with Gasteiger partial charge in [0.05, 0.1) is 0 Å². The average Bonchev–Trinajstić information content (AvgIpc) is 2.41. The zero-order valence-electron chi connectivity index (χ0n) is 10.9. The number of hydrogen-bond donors (Lipinski definition) is 2. The molecule has 0 saturated carbocycles. The van der Waals surface area contributed by atoms with Crippen molar-refractivity contribution in [1.29, 1.82) is 0 Å². The van der Waals surface area contributed by atoms with Gasteiger partial charge in [0.15, 0.2) is 5.75 Å². The molecule has 0 unspecified atom stereocenters. The molecule has 2 N–H and O–H groups in total.